The van der Waals surface area contributed by atoms with E-state index in [2.05, 4.69) is 21.2 Å². The van der Waals surface area contributed by atoms with E-state index in [1.165, 1.54) is 7.11 Å². The second-order valence-corrected chi connectivity index (χ2v) is 5.44. The first-order chi connectivity index (χ1) is 9.60. The molecule has 20 heavy (non-hydrogen) atoms. The largest absolute Gasteiger partial charge is 0.465 e. The number of hydrogen-bond acceptors (Lipinski definition) is 3. The van der Waals surface area contributed by atoms with E-state index in [1.807, 2.05) is 30.3 Å². The first-order valence-electron chi connectivity index (χ1n) is 5.96. The smallest absolute Gasteiger partial charge is 0.337 e. The summed E-state index contributed by atoms with van der Waals surface area (Å²) in [5, 5.41) is 3.94. The van der Waals surface area contributed by atoms with Gasteiger partial charge in [-0.05, 0) is 51.8 Å². The molecule has 0 aliphatic heterocycles. The SMILES string of the molecule is COC(=O)c1cccc(NCc2ccc(Cl)c(Br)c2)c1. The third kappa shape index (κ3) is 3.74. The minimum Gasteiger partial charge on any atom is -0.465 e. The van der Waals surface area contributed by atoms with Crippen LogP contribution in [0.3, 0.4) is 0 Å². The molecule has 0 aliphatic rings. The Morgan fingerprint density at radius 3 is 2.80 bits per heavy atom. The number of anilines is 1. The highest BCUT2D eigenvalue weighted by molar-refractivity contribution is 9.10. The summed E-state index contributed by atoms with van der Waals surface area (Å²) in [6.45, 7) is 0.639. The lowest BCUT2D eigenvalue weighted by molar-refractivity contribution is 0.0601. The van der Waals surface area contributed by atoms with Gasteiger partial charge in [0.05, 0.1) is 17.7 Å². The molecule has 1 N–H and O–H groups in total. The summed E-state index contributed by atoms with van der Waals surface area (Å²) in [6, 6.07) is 12.9. The highest BCUT2D eigenvalue weighted by Gasteiger charge is 2.05. The highest BCUT2D eigenvalue weighted by Crippen LogP contribution is 2.23. The van der Waals surface area contributed by atoms with Crippen LogP contribution in [0.25, 0.3) is 0 Å². The summed E-state index contributed by atoms with van der Waals surface area (Å²) < 4.78 is 5.56. The van der Waals surface area contributed by atoms with Crippen molar-refractivity contribution in [3.8, 4) is 0 Å². The summed E-state index contributed by atoms with van der Waals surface area (Å²) in [7, 11) is 1.37. The lowest BCUT2D eigenvalue weighted by Crippen LogP contribution is -2.03. The molecule has 0 radical (unpaired) electrons. The van der Waals surface area contributed by atoms with Crippen molar-refractivity contribution < 1.29 is 9.53 Å². The van der Waals surface area contributed by atoms with Crippen LogP contribution in [0.2, 0.25) is 5.02 Å². The second-order valence-electron chi connectivity index (χ2n) is 4.17. The average molecular weight is 355 g/mol. The van der Waals surface area contributed by atoms with Crippen LogP contribution in [0.1, 0.15) is 15.9 Å². The molecule has 0 spiro atoms. The monoisotopic (exact) mass is 353 g/mol. The maximum atomic E-state index is 11.5. The number of carbonyl (C=O) groups excluding carboxylic acids is 1. The Morgan fingerprint density at radius 1 is 1.30 bits per heavy atom. The number of halogens is 2. The number of ether oxygens (including phenoxy) is 1. The van der Waals surface area contributed by atoms with Crippen LogP contribution in [0, 0.1) is 0 Å². The molecule has 0 fully saturated rings. The summed E-state index contributed by atoms with van der Waals surface area (Å²) in [6.07, 6.45) is 0. The van der Waals surface area contributed by atoms with Gasteiger partial charge in [0.2, 0.25) is 0 Å². The number of esters is 1. The van der Waals surface area contributed by atoms with Gasteiger partial charge in [0.25, 0.3) is 0 Å². The first kappa shape index (κ1) is 14.9. The molecule has 2 aromatic rings. The third-order valence-corrected chi connectivity index (χ3v) is 3.98. The van der Waals surface area contributed by atoms with Crippen molar-refractivity contribution in [2.24, 2.45) is 0 Å². The molecule has 2 aromatic carbocycles. The van der Waals surface area contributed by atoms with E-state index in [0.717, 1.165) is 15.7 Å². The standard InChI is InChI=1S/C15H13BrClNO2/c1-20-15(19)11-3-2-4-12(8-11)18-9-10-5-6-14(17)13(16)7-10/h2-8,18H,9H2,1H3. The molecule has 0 amide bonds. The lowest BCUT2D eigenvalue weighted by Gasteiger charge is -2.08. The average Bonchev–Trinajstić information content (AvgIpc) is 2.48. The Kier molecular flexibility index (Phi) is 5.04. The zero-order valence-electron chi connectivity index (χ0n) is 10.8. The van der Waals surface area contributed by atoms with Crippen LogP contribution < -0.4 is 5.32 Å². The van der Waals surface area contributed by atoms with Crippen molar-refractivity contribution in [2.75, 3.05) is 12.4 Å². The van der Waals surface area contributed by atoms with E-state index in [4.69, 9.17) is 16.3 Å². The van der Waals surface area contributed by atoms with Gasteiger partial charge in [0.15, 0.2) is 0 Å². The molecule has 0 bridgehead atoms. The maximum Gasteiger partial charge on any atom is 0.337 e. The molecular formula is C15H13BrClNO2. The Bertz CT molecular complexity index is 631. The number of methoxy groups -OCH3 is 1. The molecule has 0 saturated heterocycles. The Labute approximate surface area is 131 Å². The van der Waals surface area contributed by atoms with Crippen molar-refractivity contribution in [3.63, 3.8) is 0 Å². The van der Waals surface area contributed by atoms with Gasteiger partial charge in [0, 0.05) is 16.7 Å². The summed E-state index contributed by atoms with van der Waals surface area (Å²) in [5.41, 5.74) is 2.47. The number of nitrogens with one attached hydrogen (secondary N) is 1. The first-order valence-corrected chi connectivity index (χ1v) is 7.13. The topological polar surface area (TPSA) is 38.3 Å². The predicted molar refractivity (Wildman–Crippen MR) is 84.3 cm³/mol. The van der Waals surface area contributed by atoms with Gasteiger partial charge >= 0.3 is 5.97 Å². The molecule has 2 rings (SSSR count). The van der Waals surface area contributed by atoms with Gasteiger partial charge in [-0.3, -0.25) is 0 Å². The second kappa shape index (κ2) is 6.77. The van der Waals surface area contributed by atoms with E-state index in [1.54, 1.807) is 12.1 Å². The molecule has 0 heterocycles. The van der Waals surface area contributed by atoms with E-state index < -0.39 is 0 Å². The molecule has 0 aliphatic carbocycles. The van der Waals surface area contributed by atoms with Crippen LogP contribution in [-0.2, 0) is 11.3 Å². The van der Waals surface area contributed by atoms with Crippen molar-refractivity contribution in [2.45, 2.75) is 6.54 Å². The molecule has 104 valence electrons. The highest BCUT2D eigenvalue weighted by atomic mass is 79.9. The van der Waals surface area contributed by atoms with E-state index in [0.29, 0.717) is 17.1 Å². The molecule has 3 nitrogen and oxygen atoms in total. The number of rotatable bonds is 4. The van der Waals surface area contributed by atoms with E-state index in [9.17, 15) is 4.79 Å². The molecule has 0 saturated carbocycles. The minimum absolute atomic E-state index is 0.345. The Balaban J connectivity index is 2.07. The maximum absolute atomic E-state index is 11.5. The van der Waals surface area contributed by atoms with Crippen molar-refractivity contribution >= 4 is 39.2 Å². The molecule has 0 unspecified atom stereocenters. The predicted octanol–water partition coefficient (Wildman–Crippen LogP) is 4.50. The molecule has 0 atom stereocenters. The van der Waals surface area contributed by atoms with Crippen LogP contribution in [0.15, 0.2) is 46.9 Å². The zero-order chi connectivity index (χ0) is 14.5. The van der Waals surface area contributed by atoms with Gasteiger partial charge in [-0.25, -0.2) is 4.79 Å². The third-order valence-electron chi connectivity index (χ3n) is 2.76. The molecule has 5 heteroatoms. The molecule has 0 aromatic heterocycles. The summed E-state index contributed by atoms with van der Waals surface area (Å²) >= 11 is 9.34. The van der Waals surface area contributed by atoms with Gasteiger partial charge in [-0.15, -0.1) is 0 Å². The zero-order valence-corrected chi connectivity index (χ0v) is 13.2. The fourth-order valence-electron chi connectivity index (χ4n) is 1.73. The van der Waals surface area contributed by atoms with Crippen LogP contribution in [0.4, 0.5) is 5.69 Å². The fourth-order valence-corrected chi connectivity index (χ4v) is 2.27. The van der Waals surface area contributed by atoms with Crippen LogP contribution >= 0.6 is 27.5 Å². The number of carbonyl (C=O) groups is 1. The van der Waals surface area contributed by atoms with Gasteiger partial charge in [0.1, 0.15) is 0 Å². The minimum atomic E-state index is -0.345. The van der Waals surface area contributed by atoms with E-state index in [-0.39, 0.29) is 5.97 Å². The van der Waals surface area contributed by atoms with Crippen molar-refractivity contribution in [1.82, 2.24) is 0 Å². The summed E-state index contributed by atoms with van der Waals surface area (Å²) in [5.74, 6) is -0.345. The fraction of sp³-hybridized carbons (Fsp3) is 0.133. The van der Waals surface area contributed by atoms with Gasteiger partial charge in [-0.2, -0.15) is 0 Å². The van der Waals surface area contributed by atoms with Crippen molar-refractivity contribution in [3.05, 3.63) is 63.1 Å². The van der Waals surface area contributed by atoms with Crippen molar-refractivity contribution in [1.29, 1.82) is 0 Å². The van der Waals surface area contributed by atoms with Gasteiger partial charge in [-0.1, -0.05) is 23.7 Å². The number of benzene rings is 2. The number of hydrogen-bond donors (Lipinski definition) is 1. The Hall–Kier alpha value is -1.52. The summed E-state index contributed by atoms with van der Waals surface area (Å²) in [4.78, 5) is 11.5. The lowest BCUT2D eigenvalue weighted by atomic mass is 10.2. The Morgan fingerprint density at radius 2 is 2.10 bits per heavy atom. The van der Waals surface area contributed by atoms with E-state index >= 15 is 0 Å². The quantitative estimate of drug-likeness (QED) is 0.822. The van der Waals surface area contributed by atoms with Crippen LogP contribution in [0.5, 0.6) is 0 Å². The van der Waals surface area contributed by atoms with Gasteiger partial charge < -0.3 is 10.1 Å². The normalized spacial score (nSPS) is 10.2. The molecular weight excluding hydrogens is 342 g/mol. The van der Waals surface area contributed by atoms with Crippen LogP contribution in [-0.4, -0.2) is 13.1 Å².